The Hall–Kier alpha value is -3.06. The Labute approximate surface area is 157 Å². The fourth-order valence-corrected chi connectivity index (χ4v) is 2.87. The van der Waals surface area contributed by atoms with Crippen molar-refractivity contribution < 1.29 is 4.79 Å². The summed E-state index contributed by atoms with van der Waals surface area (Å²) in [6.45, 7) is 0.332. The van der Waals surface area contributed by atoms with E-state index < -0.39 is 0 Å². The Balaban J connectivity index is 1.63. The average Bonchev–Trinajstić information content (AvgIpc) is 2.68. The second kappa shape index (κ2) is 8.55. The number of hydrogen-bond donors (Lipinski definition) is 1. The van der Waals surface area contributed by atoms with Crippen LogP contribution < -0.4 is 10.9 Å². The zero-order valence-corrected chi connectivity index (χ0v) is 15.5. The quantitative estimate of drug-likeness (QED) is 0.678. The van der Waals surface area contributed by atoms with Crippen molar-refractivity contribution in [3.05, 3.63) is 70.5 Å². The highest BCUT2D eigenvalue weighted by Crippen LogP contribution is 2.06. The number of nitrogens with zero attached hydrogens (tertiary/aromatic N) is 4. The molecule has 7 heteroatoms. The van der Waals surface area contributed by atoms with Crippen molar-refractivity contribution in [3.8, 4) is 0 Å². The molecule has 3 aromatic rings. The van der Waals surface area contributed by atoms with Crippen molar-refractivity contribution >= 4 is 16.8 Å². The maximum Gasteiger partial charge on any atom is 0.278 e. The van der Waals surface area contributed by atoms with Crippen molar-refractivity contribution in [3.63, 3.8) is 0 Å². The van der Waals surface area contributed by atoms with Crippen molar-refractivity contribution in [1.29, 1.82) is 0 Å². The van der Waals surface area contributed by atoms with Gasteiger partial charge in [0, 0.05) is 12.6 Å². The van der Waals surface area contributed by atoms with Crippen LogP contribution in [0, 0.1) is 0 Å². The number of fused-ring (bicyclic) bond motifs is 1. The number of benzene rings is 2. The highest BCUT2D eigenvalue weighted by molar-refractivity contribution is 5.78. The number of nitrogens with one attached hydrogen (secondary N) is 1. The molecule has 1 amide bonds. The minimum atomic E-state index is -0.316. The molecule has 140 valence electrons. The highest BCUT2D eigenvalue weighted by atomic mass is 16.2. The summed E-state index contributed by atoms with van der Waals surface area (Å²) in [5.41, 5.74) is 1.42. The van der Waals surface area contributed by atoms with Gasteiger partial charge in [0.15, 0.2) is 0 Å². The van der Waals surface area contributed by atoms with E-state index in [0.717, 1.165) is 11.1 Å². The van der Waals surface area contributed by atoms with Crippen LogP contribution in [-0.2, 0) is 17.8 Å². The molecule has 1 aromatic heterocycles. The van der Waals surface area contributed by atoms with E-state index in [2.05, 4.69) is 32.7 Å². The van der Waals surface area contributed by atoms with Crippen LogP contribution in [0.3, 0.4) is 0 Å². The largest absolute Gasteiger partial charge is 0.353 e. The monoisotopic (exact) mass is 365 g/mol. The molecule has 0 bridgehead atoms. The lowest BCUT2D eigenvalue weighted by Crippen LogP contribution is -2.43. The fraction of sp³-hybridized carbons (Fsp3) is 0.300. The highest BCUT2D eigenvalue weighted by Gasteiger charge is 2.15. The fourth-order valence-electron chi connectivity index (χ4n) is 2.87. The molecule has 0 radical (unpaired) electrons. The minimum absolute atomic E-state index is 0.149. The van der Waals surface area contributed by atoms with Gasteiger partial charge in [0.2, 0.25) is 5.91 Å². The first kappa shape index (κ1) is 18.7. The molecule has 1 N–H and O–H groups in total. The second-order valence-corrected chi connectivity index (χ2v) is 6.68. The molecule has 7 nitrogen and oxygen atoms in total. The van der Waals surface area contributed by atoms with Crippen LogP contribution >= 0.6 is 0 Å². The third-order valence-electron chi connectivity index (χ3n) is 4.50. The third-order valence-corrected chi connectivity index (χ3v) is 4.50. The molecule has 0 aliphatic carbocycles. The maximum absolute atomic E-state index is 12.4. The Morgan fingerprint density at radius 1 is 1.11 bits per heavy atom. The van der Waals surface area contributed by atoms with Crippen LogP contribution in [0.25, 0.3) is 10.9 Å². The van der Waals surface area contributed by atoms with Crippen LogP contribution in [0.5, 0.6) is 0 Å². The van der Waals surface area contributed by atoms with Crippen LogP contribution in [0.2, 0.25) is 0 Å². The van der Waals surface area contributed by atoms with E-state index in [0.29, 0.717) is 17.4 Å². The predicted octanol–water partition coefficient (Wildman–Crippen LogP) is 1.08. The number of hydrogen-bond acceptors (Lipinski definition) is 5. The predicted molar refractivity (Wildman–Crippen MR) is 104 cm³/mol. The van der Waals surface area contributed by atoms with Gasteiger partial charge in [0.1, 0.15) is 12.1 Å². The molecule has 3 rings (SSSR count). The molecule has 0 aliphatic rings. The number of rotatable bonds is 7. The van der Waals surface area contributed by atoms with Crippen molar-refractivity contribution in [2.45, 2.75) is 19.0 Å². The molecule has 0 saturated heterocycles. The molecule has 27 heavy (non-hydrogen) atoms. The number of amides is 1. The summed E-state index contributed by atoms with van der Waals surface area (Å²) >= 11 is 0. The number of carbonyl (C=O) groups is 1. The average molecular weight is 365 g/mol. The Bertz CT molecular complexity index is 969. The minimum Gasteiger partial charge on any atom is -0.353 e. The summed E-state index contributed by atoms with van der Waals surface area (Å²) in [7, 11) is 3.97. The molecule has 1 atom stereocenters. The summed E-state index contributed by atoms with van der Waals surface area (Å²) in [5, 5.41) is 11.2. The van der Waals surface area contributed by atoms with E-state index in [1.807, 2.05) is 32.3 Å². The van der Waals surface area contributed by atoms with Crippen LogP contribution in [0.4, 0.5) is 0 Å². The topological polar surface area (TPSA) is 80.1 Å². The van der Waals surface area contributed by atoms with E-state index in [1.165, 1.54) is 5.56 Å². The molecule has 0 saturated carbocycles. The Morgan fingerprint density at radius 2 is 1.81 bits per heavy atom. The standard InChI is InChI=1S/C20H23N5O2/c1-24(2)16(12-15-8-4-3-5-9-15)13-21-19(26)14-25-20(27)17-10-6-7-11-18(17)22-23-25/h3-11,16H,12-14H2,1-2H3,(H,21,26). The molecule has 0 aliphatic heterocycles. The van der Waals surface area contributed by atoms with Crippen LogP contribution in [0.15, 0.2) is 59.4 Å². The first-order valence-corrected chi connectivity index (χ1v) is 8.84. The van der Waals surface area contributed by atoms with Gasteiger partial charge in [-0.2, -0.15) is 0 Å². The van der Waals surface area contributed by atoms with Gasteiger partial charge in [-0.1, -0.05) is 47.7 Å². The summed E-state index contributed by atoms with van der Waals surface area (Å²) in [5.74, 6) is -0.262. The number of aromatic nitrogens is 3. The normalized spacial score (nSPS) is 12.3. The van der Waals surface area contributed by atoms with Crippen molar-refractivity contribution in [2.75, 3.05) is 20.6 Å². The summed E-state index contributed by atoms with van der Waals surface area (Å²) in [6, 6.07) is 17.3. The lowest BCUT2D eigenvalue weighted by molar-refractivity contribution is -0.122. The van der Waals surface area contributed by atoms with Gasteiger partial charge < -0.3 is 10.2 Å². The Kier molecular flexibility index (Phi) is 5.93. The summed E-state index contributed by atoms with van der Waals surface area (Å²) in [4.78, 5) is 26.8. The van der Waals surface area contributed by atoms with E-state index >= 15 is 0 Å². The van der Waals surface area contributed by atoms with E-state index in [9.17, 15) is 9.59 Å². The van der Waals surface area contributed by atoms with E-state index in [-0.39, 0.29) is 24.1 Å². The Morgan fingerprint density at radius 3 is 2.56 bits per heavy atom. The smallest absolute Gasteiger partial charge is 0.278 e. The van der Waals surface area contributed by atoms with Gasteiger partial charge in [-0.25, -0.2) is 4.68 Å². The molecule has 1 heterocycles. The molecular formula is C20H23N5O2. The van der Waals surface area contributed by atoms with Gasteiger partial charge in [-0.05, 0) is 38.2 Å². The molecule has 2 aromatic carbocycles. The SMILES string of the molecule is CN(C)C(CNC(=O)Cn1nnc2ccccc2c1=O)Cc1ccccc1. The van der Waals surface area contributed by atoms with Crippen molar-refractivity contribution in [2.24, 2.45) is 0 Å². The lowest BCUT2D eigenvalue weighted by atomic mass is 10.1. The first-order valence-electron chi connectivity index (χ1n) is 8.84. The molecule has 0 spiro atoms. The lowest BCUT2D eigenvalue weighted by Gasteiger charge is -2.24. The summed E-state index contributed by atoms with van der Waals surface area (Å²) < 4.78 is 1.10. The summed E-state index contributed by atoms with van der Waals surface area (Å²) in [6.07, 6.45) is 0.823. The second-order valence-electron chi connectivity index (χ2n) is 6.68. The van der Waals surface area contributed by atoms with Gasteiger partial charge >= 0.3 is 0 Å². The first-order chi connectivity index (χ1) is 13.0. The van der Waals surface area contributed by atoms with Gasteiger partial charge in [-0.15, -0.1) is 5.10 Å². The van der Waals surface area contributed by atoms with E-state index in [1.54, 1.807) is 24.3 Å². The van der Waals surface area contributed by atoms with E-state index in [4.69, 9.17) is 0 Å². The van der Waals surface area contributed by atoms with Gasteiger partial charge in [0.05, 0.1) is 5.39 Å². The van der Waals surface area contributed by atoms with Gasteiger partial charge in [-0.3, -0.25) is 9.59 Å². The zero-order chi connectivity index (χ0) is 19.2. The molecule has 0 fully saturated rings. The van der Waals surface area contributed by atoms with Crippen LogP contribution in [-0.4, -0.2) is 52.5 Å². The van der Waals surface area contributed by atoms with Crippen molar-refractivity contribution in [1.82, 2.24) is 25.2 Å². The zero-order valence-electron chi connectivity index (χ0n) is 15.5. The maximum atomic E-state index is 12.4. The molecule has 1 unspecified atom stereocenters. The number of carbonyl (C=O) groups excluding carboxylic acids is 1. The van der Waals surface area contributed by atoms with Gasteiger partial charge in [0.25, 0.3) is 5.56 Å². The van der Waals surface area contributed by atoms with Crippen LogP contribution in [0.1, 0.15) is 5.56 Å². The third kappa shape index (κ3) is 4.77. The molecular weight excluding hydrogens is 342 g/mol. The number of likely N-dealkylation sites (N-methyl/N-ethyl adjacent to an activating group) is 1.